The minimum absolute atomic E-state index is 0.154. The standard InChI is InChI=1S/C14H15N3O5/c1-7-2-3-11-8(4-7)9(17-22-11)6-13(19)16-10(14(20)21)5-12(15)18/h2-4,10H,5-6H2,1H3,(H2,15,18)(H,16,19)(H,20,21). The number of primary amides is 1. The minimum Gasteiger partial charge on any atom is -0.480 e. The smallest absolute Gasteiger partial charge is 0.326 e. The van der Waals surface area contributed by atoms with E-state index in [-0.39, 0.29) is 6.42 Å². The number of rotatable bonds is 6. The number of nitrogens with one attached hydrogen (secondary N) is 1. The van der Waals surface area contributed by atoms with Crippen molar-refractivity contribution in [3.8, 4) is 0 Å². The van der Waals surface area contributed by atoms with Crippen LogP contribution in [0.15, 0.2) is 22.7 Å². The molecule has 2 rings (SSSR count). The summed E-state index contributed by atoms with van der Waals surface area (Å²) in [6.07, 6.45) is -0.626. The molecule has 1 aromatic carbocycles. The molecule has 8 nitrogen and oxygen atoms in total. The second-order valence-corrected chi connectivity index (χ2v) is 4.93. The molecule has 1 atom stereocenters. The predicted octanol–water partition coefficient (Wildman–Crippen LogP) is 0.124. The van der Waals surface area contributed by atoms with Gasteiger partial charge in [0, 0.05) is 5.39 Å². The van der Waals surface area contributed by atoms with E-state index in [0.29, 0.717) is 16.7 Å². The predicted molar refractivity (Wildman–Crippen MR) is 75.8 cm³/mol. The van der Waals surface area contributed by atoms with Crippen molar-refractivity contribution in [1.29, 1.82) is 0 Å². The molecule has 0 fully saturated rings. The molecule has 2 aromatic rings. The Kier molecular flexibility index (Phi) is 4.40. The first-order chi connectivity index (χ1) is 10.4. The fourth-order valence-corrected chi connectivity index (χ4v) is 2.03. The first-order valence-corrected chi connectivity index (χ1v) is 6.52. The van der Waals surface area contributed by atoms with Crippen LogP contribution >= 0.6 is 0 Å². The summed E-state index contributed by atoms with van der Waals surface area (Å²) in [5.74, 6) is -2.71. The average molecular weight is 305 g/mol. The van der Waals surface area contributed by atoms with Crippen LogP contribution in [0.3, 0.4) is 0 Å². The molecule has 22 heavy (non-hydrogen) atoms. The summed E-state index contributed by atoms with van der Waals surface area (Å²) in [6, 6.07) is 4.06. The van der Waals surface area contributed by atoms with Crippen LogP contribution < -0.4 is 11.1 Å². The number of carbonyl (C=O) groups is 3. The summed E-state index contributed by atoms with van der Waals surface area (Å²) < 4.78 is 5.10. The lowest BCUT2D eigenvalue weighted by Crippen LogP contribution is -2.43. The normalized spacial score (nSPS) is 12.0. The van der Waals surface area contributed by atoms with Gasteiger partial charge in [0.25, 0.3) is 0 Å². The molecular formula is C14H15N3O5. The van der Waals surface area contributed by atoms with Crippen LogP contribution in [-0.2, 0) is 20.8 Å². The van der Waals surface area contributed by atoms with Crippen LogP contribution in [-0.4, -0.2) is 34.1 Å². The van der Waals surface area contributed by atoms with E-state index in [1.807, 2.05) is 19.1 Å². The Labute approximate surface area is 125 Å². The highest BCUT2D eigenvalue weighted by atomic mass is 16.5. The molecule has 116 valence electrons. The van der Waals surface area contributed by atoms with Gasteiger partial charge in [-0.1, -0.05) is 16.8 Å². The third-order valence-electron chi connectivity index (χ3n) is 3.07. The summed E-state index contributed by atoms with van der Waals surface area (Å²) in [5.41, 5.74) is 6.88. The third kappa shape index (κ3) is 3.60. The van der Waals surface area contributed by atoms with Gasteiger partial charge in [-0.15, -0.1) is 0 Å². The molecule has 0 aliphatic heterocycles. The number of nitrogens with two attached hydrogens (primary N) is 1. The molecule has 2 amide bonds. The highest BCUT2D eigenvalue weighted by Crippen LogP contribution is 2.20. The van der Waals surface area contributed by atoms with Gasteiger partial charge in [0.2, 0.25) is 11.8 Å². The Morgan fingerprint density at radius 3 is 2.77 bits per heavy atom. The van der Waals surface area contributed by atoms with Crippen molar-refractivity contribution in [3.63, 3.8) is 0 Å². The maximum atomic E-state index is 11.9. The van der Waals surface area contributed by atoms with Gasteiger partial charge in [0.05, 0.1) is 12.8 Å². The van der Waals surface area contributed by atoms with Crippen LogP contribution in [0.4, 0.5) is 0 Å². The molecule has 0 spiro atoms. The maximum Gasteiger partial charge on any atom is 0.326 e. The molecule has 0 saturated carbocycles. The van der Waals surface area contributed by atoms with Crippen LogP contribution in [0.5, 0.6) is 0 Å². The van der Waals surface area contributed by atoms with Crippen molar-refractivity contribution in [2.75, 3.05) is 0 Å². The lowest BCUT2D eigenvalue weighted by atomic mass is 10.1. The van der Waals surface area contributed by atoms with E-state index >= 15 is 0 Å². The summed E-state index contributed by atoms with van der Waals surface area (Å²) in [5, 5.41) is 15.7. The van der Waals surface area contributed by atoms with E-state index in [4.69, 9.17) is 15.4 Å². The molecule has 4 N–H and O–H groups in total. The topological polar surface area (TPSA) is 136 Å². The SMILES string of the molecule is Cc1ccc2onc(CC(=O)NC(CC(N)=O)C(=O)O)c2c1. The van der Waals surface area contributed by atoms with Gasteiger partial charge >= 0.3 is 5.97 Å². The monoisotopic (exact) mass is 305 g/mol. The van der Waals surface area contributed by atoms with E-state index in [0.717, 1.165) is 5.56 Å². The summed E-state index contributed by atoms with van der Waals surface area (Å²) in [6.45, 7) is 1.89. The van der Waals surface area contributed by atoms with Gasteiger partial charge in [-0.3, -0.25) is 9.59 Å². The van der Waals surface area contributed by atoms with Gasteiger partial charge in [-0.05, 0) is 19.1 Å². The summed E-state index contributed by atoms with van der Waals surface area (Å²) in [7, 11) is 0. The molecule has 1 aromatic heterocycles. The fraction of sp³-hybridized carbons (Fsp3) is 0.286. The number of hydrogen-bond donors (Lipinski definition) is 3. The van der Waals surface area contributed by atoms with E-state index in [2.05, 4.69) is 10.5 Å². The van der Waals surface area contributed by atoms with Crippen molar-refractivity contribution < 1.29 is 24.0 Å². The Hall–Kier alpha value is -2.90. The Morgan fingerprint density at radius 1 is 1.41 bits per heavy atom. The van der Waals surface area contributed by atoms with Gasteiger partial charge in [0.1, 0.15) is 11.7 Å². The number of amides is 2. The minimum atomic E-state index is -1.36. The number of aliphatic carboxylic acids is 1. The van der Waals surface area contributed by atoms with Crippen LogP contribution in [0, 0.1) is 6.92 Å². The molecular weight excluding hydrogens is 290 g/mol. The zero-order valence-electron chi connectivity index (χ0n) is 11.8. The van der Waals surface area contributed by atoms with Crippen molar-refractivity contribution in [2.24, 2.45) is 5.73 Å². The first kappa shape index (κ1) is 15.5. The van der Waals surface area contributed by atoms with E-state index in [9.17, 15) is 14.4 Å². The Bertz CT molecular complexity index is 737. The molecule has 0 aliphatic carbocycles. The Balaban J connectivity index is 2.11. The fourth-order valence-electron chi connectivity index (χ4n) is 2.03. The third-order valence-corrected chi connectivity index (χ3v) is 3.07. The molecule has 1 heterocycles. The number of carboxylic acids is 1. The van der Waals surface area contributed by atoms with Crippen molar-refractivity contribution in [3.05, 3.63) is 29.5 Å². The number of carboxylic acid groups (broad SMARTS) is 1. The zero-order chi connectivity index (χ0) is 16.3. The molecule has 0 bridgehead atoms. The van der Waals surface area contributed by atoms with Gasteiger partial charge in [0.15, 0.2) is 5.58 Å². The lowest BCUT2D eigenvalue weighted by molar-refractivity contribution is -0.143. The van der Waals surface area contributed by atoms with Gasteiger partial charge in [-0.2, -0.15) is 0 Å². The van der Waals surface area contributed by atoms with Crippen LogP contribution in [0.25, 0.3) is 11.0 Å². The number of hydrogen-bond acceptors (Lipinski definition) is 5. The Morgan fingerprint density at radius 2 is 2.14 bits per heavy atom. The highest BCUT2D eigenvalue weighted by molar-refractivity contribution is 5.90. The lowest BCUT2D eigenvalue weighted by Gasteiger charge is -2.12. The quantitative estimate of drug-likeness (QED) is 0.693. The van der Waals surface area contributed by atoms with Gasteiger partial charge in [-0.25, -0.2) is 4.79 Å². The van der Waals surface area contributed by atoms with Gasteiger partial charge < -0.3 is 20.7 Å². The average Bonchev–Trinajstić information content (AvgIpc) is 2.80. The van der Waals surface area contributed by atoms with Crippen LogP contribution in [0.1, 0.15) is 17.7 Å². The number of benzene rings is 1. The zero-order valence-corrected chi connectivity index (χ0v) is 11.8. The molecule has 8 heteroatoms. The van der Waals surface area contributed by atoms with Crippen LogP contribution in [0.2, 0.25) is 0 Å². The maximum absolute atomic E-state index is 11.9. The van der Waals surface area contributed by atoms with E-state index in [1.54, 1.807) is 6.07 Å². The number of aromatic nitrogens is 1. The second-order valence-electron chi connectivity index (χ2n) is 4.93. The first-order valence-electron chi connectivity index (χ1n) is 6.52. The molecule has 0 aliphatic rings. The largest absolute Gasteiger partial charge is 0.480 e. The molecule has 1 unspecified atom stereocenters. The number of nitrogens with zero attached hydrogens (tertiary/aromatic N) is 1. The van der Waals surface area contributed by atoms with E-state index < -0.39 is 30.2 Å². The number of aryl methyl sites for hydroxylation is 1. The van der Waals surface area contributed by atoms with E-state index in [1.165, 1.54) is 0 Å². The van der Waals surface area contributed by atoms with Crippen molar-refractivity contribution in [2.45, 2.75) is 25.8 Å². The second kappa shape index (κ2) is 6.25. The summed E-state index contributed by atoms with van der Waals surface area (Å²) in [4.78, 5) is 33.7. The number of carbonyl (C=O) groups excluding carboxylic acids is 2. The number of fused-ring (bicyclic) bond motifs is 1. The molecule has 0 radical (unpaired) electrons. The molecule has 0 saturated heterocycles. The van der Waals surface area contributed by atoms with Crippen molar-refractivity contribution >= 4 is 28.8 Å². The van der Waals surface area contributed by atoms with Crippen molar-refractivity contribution in [1.82, 2.24) is 10.5 Å². The highest BCUT2D eigenvalue weighted by Gasteiger charge is 2.23. The summed E-state index contributed by atoms with van der Waals surface area (Å²) >= 11 is 0.